The maximum Gasteiger partial charge on any atom is 0.180 e. The number of aryl methyl sites for hydroxylation is 1. The van der Waals surface area contributed by atoms with Gasteiger partial charge in [0.15, 0.2) is 9.84 Å². The van der Waals surface area contributed by atoms with E-state index in [0.717, 1.165) is 46.2 Å². The average Bonchev–Trinajstić information content (AvgIpc) is 3.28. The van der Waals surface area contributed by atoms with Crippen molar-refractivity contribution in [3.05, 3.63) is 79.3 Å². The quantitative estimate of drug-likeness (QED) is 0.313. The molecule has 1 fully saturated rings. The van der Waals surface area contributed by atoms with E-state index in [1.807, 2.05) is 31.4 Å². The second-order valence-corrected chi connectivity index (χ2v) is 11.6. The standard InChI is InChI=1S/C29H28N4O3S/c1-33-13-10-21-8-9-22(15-27(21)33)24-16-23(17-26-29(24)31-12-11-30-26)32-25-6-2-3-7-28(25)37(34,35)19-20-5-4-14-36-18-20/h2-3,6-13,15-17,20,32H,4-5,14,18-19H2,1H3. The molecular weight excluding hydrogens is 484 g/mol. The molecule has 1 aliphatic heterocycles. The minimum Gasteiger partial charge on any atom is -0.381 e. The topological polar surface area (TPSA) is 86.1 Å². The molecule has 8 heteroatoms. The summed E-state index contributed by atoms with van der Waals surface area (Å²) in [4.78, 5) is 9.46. The molecular formula is C29H28N4O3S. The lowest BCUT2D eigenvalue weighted by Gasteiger charge is -2.22. The molecule has 0 saturated carbocycles. The number of hydrogen-bond acceptors (Lipinski definition) is 6. The zero-order valence-corrected chi connectivity index (χ0v) is 21.4. The first-order valence-electron chi connectivity index (χ1n) is 12.4. The number of para-hydroxylation sites is 1. The average molecular weight is 513 g/mol. The fourth-order valence-electron chi connectivity index (χ4n) is 5.13. The predicted octanol–water partition coefficient (Wildman–Crippen LogP) is 5.73. The van der Waals surface area contributed by atoms with Gasteiger partial charge in [-0.25, -0.2) is 8.42 Å². The fraction of sp³-hybridized carbons (Fsp3) is 0.241. The van der Waals surface area contributed by atoms with E-state index in [1.54, 1.807) is 30.6 Å². The first-order chi connectivity index (χ1) is 18.0. The highest BCUT2D eigenvalue weighted by Crippen LogP contribution is 2.35. The Morgan fingerprint density at radius 1 is 1.05 bits per heavy atom. The maximum atomic E-state index is 13.4. The normalized spacial score (nSPS) is 16.3. The number of hydrogen-bond donors (Lipinski definition) is 1. The molecule has 6 rings (SSSR count). The molecule has 0 radical (unpaired) electrons. The number of nitrogens with zero attached hydrogens (tertiary/aromatic N) is 3. The number of nitrogens with one attached hydrogen (secondary N) is 1. The molecule has 0 amide bonds. The molecule has 5 aromatic rings. The van der Waals surface area contributed by atoms with Crippen LogP contribution in [0.4, 0.5) is 11.4 Å². The van der Waals surface area contributed by atoms with Crippen molar-refractivity contribution in [3.63, 3.8) is 0 Å². The number of fused-ring (bicyclic) bond motifs is 2. The van der Waals surface area contributed by atoms with Gasteiger partial charge in [0.1, 0.15) is 0 Å². The van der Waals surface area contributed by atoms with Gasteiger partial charge in [-0.1, -0.05) is 24.3 Å². The Hall–Kier alpha value is -3.75. The van der Waals surface area contributed by atoms with Crippen LogP contribution in [0.1, 0.15) is 12.8 Å². The van der Waals surface area contributed by atoms with Gasteiger partial charge in [-0.15, -0.1) is 0 Å². The maximum absolute atomic E-state index is 13.4. The number of ether oxygens (including phenoxy) is 1. The summed E-state index contributed by atoms with van der Waals surface area (Å²) in [6.45, 7) is 1.20. The molecule has 188 valence electrons. The van der Waals surface area contributed by atoms with E-state index < -0.39 is 9.84 Å². The lowest BCUT2D eigenvalue weighted by molar-refractivity contribution is 0.0626. The summed E-state index contributed by atoms with van der Waals surface area (Å²) in [6.07, 6.45) is 7.17. The van der Waals surface area contributed by atoms with Gasteiger partial charge in [-0.05, 0) is 66.1 Å². The summed E-state index contributed by atoms with van der Waals surface area (Å²) in [7, 11) is -1.48. The van der Waals surface area contributed by atoms with Crippen LogP contribution >= 0.6 is 0 Å². The number of rotatable bonds is 6. The molecule has 0 aliphatic carbocycles. The molecule has 0 spiro atoms. The zero-order valence-electron chi connectivity index (χ0n) is 20.6. The Balaban J connectivity index is 1.40. The van der Waals surface area contributed by atoms with Crippen LogP contribution < -0.4 is 5.32 Å². The molecule has 7 nitrogen and oxygen atoms in total. The Bertz CT molecular complexity index is 1710. The Morgan fingerprint density at radius 3 is 2.78 bits per heavy atom. The molecule has 1 aliphatic rings. The van der Waals surface area contributed by atoms with Crippen LogP contribution in [0.3, 0.4) is 0 Å². The van der Waals surface area contributed by atoms with Crippen molar-refractivity contribution in [3.8, 4) is 11.1 Å². The van der Waals surface area contributed by atoms with Crippen molar-refractivity contribution in [2.24, 2.45) is 13.0 Å². The molecule has 0 bridgehead atoms. The van der Waals surface area contributed by atoms with Gasteiger partial charge in [0.05, 0.1) is 34.0 Å². The van der Waals surface area contributed by atoms with E-state index in [-0.39, 0.29) is 11.7 Å². The number of aromatic nitrogens is 3. The molecule has 2 aromatic heterocycles. The Labute approximate surface area is 216 Å². The molecule has 1 unspecified atom stereocenters. The van der Waals surface area contributed by atoms with E-state index in [0.29, 0.717) is 23.8 Å². The van der Waals surface area contributed by atoms with Gasteiger partial charge in [-0.3, -0.25) is 9.97 Å². The highest BCUT2D eigenvalue weighted by Gasteiger charge is 2.25. The van der Waals surface area contributed by atoms with Gasteiger partial charge < -0.3 is 14.6 Å². The third kappa shape index (κ3) is 4.70. The van der Waals surface area contributed by atoms with Gasteiger partial charge in [-0.2, -0.15) is 0 Å². The highest BCUT2D eigenvalue weighted by atomic mass is 32.2. The highest BCUT2D eigenvalue weighted by molar-refractivity contribution is 7.91. The van der Waals surface area contributed by atoms with Crippen LogP contribution in [0.2, 0.25) is 0 Å². The minimum absolute atomic E-state index is 0.0155. The summed E-state index contributed by atoms with van der Waals surface area (Å²) >= 11 is 0. The van der Waals surface area contributed by atoms with Gasteiger partial charge >= 0.3 is 0 Å². The SMILES string of the molecule is Cn1ccc2ccc(-c3cc(Nc4ccccc4S(=O)(=O)CC4CCCOC4)cc4nccnc34)cc21. The van der Waals surface area contributed by atoms with Crippen LogP contribution in [0, 0.1) is 5.92 Å². The van der Waals surface area contributed by atoms with Crippen LogP contribution in [-0.2, 0) is 21.6 Å². The molecule has 1 saturated heterocycles. The smallest absolute Gasteiger partial charge is 0.180 e. The number of anilines is 2. The van der Waals surface area contributed by atoms with Crippen molar-refractivity contribution < 1.29 is 13.2 Å². The molecule has 1 N–H and O–H groups in total. The largest absolute Gasteiger partial charge is 0.381 e. The second kappa shape index (κ2) is 9.61. The first-order valence-corrected chi connectivity index (χ1v) is 14.1. The molecule has 37 heavy (non-hydrogen) atoms. The predicted molar refractivity (Wildman–Crippen MR) is 147 cm³/mol. The Morgan fingerprint density at radius 2 is 1.92 bits per heavy atom. The summed E-state index contributed by atoms with van der Waals surface area (Å²) < 4.78 is 34.5. The Kier molecular flexibility index (Phi) is 6.14. The van der Waals surface area contributed by atoms with Crippen molar-refractivity contribution in [2.45, 2.75) is 17.7 Å². The third-order valence-corrected chi connectivity index (χ3v) is 8.92. The lowest BCUT2D eigenvalue weighted by atomic mass is 10.0. The van der Waals surface area contributed by atoms with E-state index >= 15 is 0 Å². The summed E-state index contributed by atoms with van der Waals surface area (Å²) in [5, 5.41) is 4.54. The summed E-state index contributed by atoms with van der Waals surface area (Å²) in [6, 6.07) is 19.4. The minimum atomic E-state index is -3.51. The molecule has 3 aromatic carbocycles. The first kappa shape index (κ1) is 23.6. The van der Waals surface area contributed by atoms with Crippen molar-refractivity contribution >= 4 is 43.1 Å². The van der Waals surface area contributed by atoms with Crippen LogP contribution in [0.15, 0.2) is 84.1 Å². The lowest BCUT2D eigenvalue weighted by Crippen LogP contribution is -2.25. The van der Waals surface area contributed by atoms with E-state index in [2.05, 4.69) is 44.1 Å². The monoisotopic (exact) mass is 512 g/mol. The van der Waals surface area contributed by atoms with Crippen LogP contribution in [0.25, 0.3) is 33.1 Å². The van der Waals surface area contributed by atoms with Crippen LogP contribution in [-0.4, -0.2) is 41.9 Å². The number of sulfone groups is 1. The third-order valence-electron chi connectivity index (χ3n) is 6.98. The van der Waals surface area contributed by atoms with Gasteiger partial charge in [0.2, 0.25) is 0 Å². The van der Waals surface area contributed by atoms with Gasteiger partial charge in [0, 0.05) is 49.0 Å². The van der Waals surface area contributed by atoms with E-state index in [9.17, 15) is 8.42 Å². The van der Waals surface area contributed by atoms with Crippen molar-refractivity contribution in [1.82, 2.24) is 14.5 Å². The zero-order chi connectivity index (χ0) is 25.4. The fourth-order valence-corrected chi connectivity index (χ4v) is 6.94. The van der Waals surface area contributed by atoms with Crippen molar-refractivity contribution in [1.29, 1.82) is 0 Å². The van der Waals surface area contributed by atoms with Gasteiger partial charge in [0.25, 0.3) is 0 Å². The summed E-state index contributed by atoms with van der Waals surface area (Å²) in [5.74, 6) is 0.0957. The number of benzene rings is 3. The van der Waals surface area contributed by atoms with Crippen molar-refractivity contribution in [2.75, 3.05) is 24.3 Å². The van der Waals surface area contributed by atoms with Crippen LogP contribution in [0.5, 0.6) is 0 Å². The van der Waals surface area contributed by atoms with E-state index in [1.165, 1.54) is 5.39 Å². The van der Waals surface area contributed by atoms with E-state index in [4.69, 9.17) is 4.74 Å². The molecule has 1 atom stereocenters. The summed E-state index contributed by atoms with van der Waals surface area (Å²) in [5.41, 5.74) is 5.88. The second-order valence-electron chi connectivity index (χ2n) is 9.63. The molecule has 3 heterocycles.